The first-order valence-corrected chi connectivity index (χ1v) is 6.36. The molecule has 0 fully saturated rings. The summed E-state index contributed by atoms with van der Waals surface area (Å²) in [5.41, 5.74) is 2.34. The first kappa shape index (κ1) is 12.7. The molecule has 0 aliphatic rings. The molecule has 0 aliphatic carbocycles. The van der Waals surface area contributed by atoms with E-state index in [0.717, 1.165) is 5.52 Å². The van der Waals surface area contributed by atoms with E-state index in [1.54, 1.807) is 0 Å². The number of rotatable bonds is 3. The van der Waals surface area contributed by atoms with Gasteiger partial charge in [-0.05, 0) is 51.3 Å². The second kappa shape index (κ2) is 4.84. The third-order valence-electron chi connectivity index (χ3n) is 3.10. The van der Waals surface area contributed by atoms with Gasteiger partial charge >= 0.3 is 0 Å². The summed E-state index contributed by atoms with van der Waals surface area (Å²) in [4.78, 5) is 12.0. The topological polar surface area (TPSA) is 34.0 Å². The summed E-state index contributed by atoms with van der Waals surface area (Å²) in [5.74, 6) is 0.0584. The van der Waals surface area contributed by atoms with Crippen molar-refractivity contribution < 1.29 is 4.79 Å². The first-order chi connectivity index (χ1) is 8.49. The van der Waals surface area contributed by atoms with Crippen LogP contribution in [0.1, 0.15) is 32.4 Å². The van der Waals surface area contributed by atoms with Gasteiger partial charge in [0.05, 0.1) is 0 Å². The molecule has 1 amide bonds. The number of aryl methyl sites for hydroxylation is 1. The molecule has 0 spiro atoms. The molecule has 1 aromatic heterocycles. The summed E-state index contributed by atoms with van der Waals surface area (Å²) in [5, 5.41) is 4.13. The average Bonchev–Trinajstić information content (AvgIpc) is 2.69. The molecule has 96 valence electrons. The van der Waals surface area contributed by atoms with Crippen LogP contribution in [0.4, 0.5) is 0 Å². The van der Waals surface area contributed by atoms with Gasteiger partial charge in [0.1, 0.15) is 6.04 Å². The van der Waals surface area contributed by atoms with Gasteiger partial charge in [-0.3, -0.25) is 4.79 Å². The Labute approximate surface area is 108 Å². The number of carbonyl (C=O) groups is 1. The van der Waals surface area contributed by atoms with Crippen molar-refractivity contribution in [3.8, 4) is 0 Å². The van der Waals surface area contributed by atoms with E-state index >= 15 is 0 Å². The minimum Gasteiger partial charge on any atom is -0.352 e. The van der Waals surface area contributed by atoms with Crippen LogP contribution in [0.15, 0.2) is 30.5 Å². The Morgan fingerprint density at radius 3 is 2.61 bits per heavy atom. The highest BCUT2D eigenvalue weighted by atomic mass is 16.2. The molecular weight excluding hydrogens is 224 g/mol. The number of hydrogen-bond acceptors (Lipinski definition) is 1. The smallest absolute Gasteiger partial charge is 0.242 e. The fraction of sp³-hybridized carbons (Fsp3) is 0.400. The predicted octanol–water partition coefficient (Wildman–Crippen LogP) is 3.04. The van der Waals surface area contributed by atoms with Gasteiger partial charge in [0.15, 0.2) is 0 Å². The Morgan fingerprint density at radius 1 is 1.22 bits per heavy atom. The Balaban J connectivity index is 2.33. The van der Waals surface area contributed by atoms with E-state index in [1.807, 2.05) is 31.5 Å². The molecule has 2 aromatic rings. The monoisotopic (exact) mass is 244 g/mol. The van der Waals surface area contributed by atoms with Gasteiger partial charge < -0.3 is 9.88 Å². The molecular formula is C15H20N2O. The third kappa shape index (κ3) is 2.40. The van der Waals surface area contributed by atoms with E-state index in [9.17, 15) is 4.79 Å². The Kier molecular flexibility index (Phi) is 3.41. The fourth-order valence-corrected chi connectivity index (χ4v) is 2.15. The Morgan fingerprint density at radius 2 is 1.94 bits per heavy atom. The molecule has 1 unspecified atom stereocenters. The lowest BCUT2D eigenvalue weighted by atomic mass is 10.2. The second-order valence-electron chi connectivity index (χ2n) is 5.12. The second-order valence-corrected chi connectivity index (χ2v) is 5.12. The van der Waals surface area contributed by atoms with E-state index in [4.69, 9.17) is 0 Å². The maximum atomic E-state index is 12.0. The molecule has 3 heteroatoms. The lowest BCUT2D eigenvalue weighted by molar-refractivity contribution is -0.124. The summed E-state index contributed by atoms with van der Waals surface area (Å²) < 4.78 is 2.02. The molecule has 1 heterocycles. The summed E-state index contributed by atoms with van der Waals surface area (Å²) in [6, 6.07) is 8.33. The van der Waals surface area contributed by atoms with Crippen molar-refractivity contribution in [2.45, 2.75) is 39.8 Å². The van der Waals surface area contributed by atoms with Crippen molar-refractivity contribution in [3.63, 3.8) is 0 Å². The van der Waals surface area contributed by atoms with Crippen molar-refractivity contribution in [2.24, 2.45) is 0 Å². The molecule has 2 rings (SSSR count). The van der Waals surface area contributed by atoms with Crippen LogP contribution in [0.2, 0.25) is 0 Å². The minimum atomic E-state index is -0.187. The number of carbonyl (C=O) groups excluding carboxylic acids is 1. The zero-order valence-electron chi connectivity index (χ0n) is 11.4. The van der Waals surface area contributed by atoms with Crippen molar-refractivity contribution in [3.05, 3.63) is 36.0 Å². The van der Waals surface area contributed by atoms with Gasteiger partial charge in [-0.1, -0.05) is 11.6 Å². The molecule has 0 aliphatic heterocycles. The molecule has 1 N–H and O–H groups in total. The van der Waals surface area contributed by atoms with Gasteiger partial charge in [-0.2, -0.15) is 0 Å². The summed E-state index contributed by atoms with van der Waals surface area (Å²) >= 11 is 0. The van der Waals surface area contributed by atoms with E-state index < -0.39 is 0 Å². The summed E-state index contributed by atoms with van der Waals surface area (Å²) in [6.45, 7) is 7.95. The summed E-state index contributed by atoms with van der Waals surface area (Å²) in [6.07, 6.45) is 1.98. The minimum absolute atomic E-state index is 0.0584. The van der Waals surface area contributed by atoms with Crippen LogP contribution in [0.5, 0.6) is 0 Å². The normalized spacial score (nSPS) is 12.9. The van der Waals surface area contributed by atoms with E-state index in [1.165, 1.54) is 10.9 Å². The number of hydrogen-bond donors (Lipinski definition) is 1. The van der Waals surface area contributed by atoms with Crippen LogP contribution >= 0.6 is 0 Å². The zero-order chi connectivity index (χ0) is 13.3. The fourth-order valence-electron chi connectivity index (χ4n) is 2.15. The maximum Gasteiger partial charge on any atom is 0.242 e. The average molecular weight is 244 g/mol. The van der Waals surface area contributed by atoms with Gasteiger partial charge in [-0.25, -0.2) is 0 Å². The van der Waals surface area contributed by atoms with Crippen LogP contribution in [0, 0.1) is 6.92 Å². The van der Waals surface area contributed by atoms with Crippen molar-refractivity contribution in [1.29, 1.82) is 0 Å². The highest BCUT2D eigenvalue weighted by Crippen LogP contribution is 2.21. The molecule has 1 aromatic carbocycles. The molecule has 18 heavy (non-hydrogen) atoms. The third-order valence-corrected chi connectivity index (χ3v) is 3.10. The van der Waals surface area contributed by atoms with E-state index in [-0.39, 0.29) is 18.0 Å². The predicted molar refractivity (Wildman–Crippen MR) is 74.7 cm³/mol. The van der Waals surface area contributed by atoms with Gasteiger partial charge in [-0.15, -0.1) is 0 Å². The van der Waals surface area contributed by atoms with Crippen LogP contribution in [0.3, 0.4) is 0 Å². The standard InChI is InChI=1S/C15H20N2O/c1-10(2)16-15(18)12(4)17-8-7-13-9-11(3)5-6-14(13)17/h5-10,12H,1-4H3,(H,16,18). The first-order valence-electron chi connectivity index (χ1n) is 6.36. The van der Waals surface area contributed by atoms with Crippen LogP contribution in [-0.2, 0) is 4.79 Å². The van der Waals surface area contributed by atoms with Crippen molar-refractivity contribution >= 4 is 16.8 Å². The van der Waals surface area contributed by atoms with E-state index in [0.29, 0.717) is 0 Å². The Hall–Kier alpha value is -1.77. The van der Waals surface area contributed by atoms with Crippen LogP contribution < -0.4 is 5.32 Å². The van der Waals surface area contributed by atoms with Crippen LogP contribution in [0.25, 0.3) is 10.9 Å². The largest absolute Gasteiger partial charge is 0.352 e. The lowest BCUT2D eigenvalue weighted by Gasteiger charge is -2.17. The molecule has 0 saturated carbocycles. The Bertz CT molecular complexity index is 569. The van der Waals surface area contributed by atoms with Gasteiger partial charge in [0, 0.05) is 17.8 Å². The number of nitrogens with one attached hydrogen (secondary N) is 1. The number of nitrogens with zero attached hydrogens (tertiary/aromatic N) is 1. The molecule has 0 saturated heterocycles. The van der Waals surface area contributed by atoms with Gasteiger partial charge in [0.2, 0.25) is 5.91 Å². The van der Waals surface area contributed by atoms with Crippen molar-refractivity contribution in [1.82, 2.24) is 9.88 Å². The van der Waals surface area contributed by atoms with Crippen LogP contribution in [-0.4, -0.2) is 16.5 Å². The quantitative estimate of drug-likeness (QED) is 0.884. The lowest BCUT2D eigenvalue weighted by Crippen LogP contribution is -2.35. The molecule has 1 atom stereocenters. The number of amides is 1. The molecule has 3 nitrogen and oxygen atoms in total. The number of benzene rings is 1. The van der Waals surface area contributed by atoms with E-state index in [2.05, 4.69) is 36.5 Å². The number of fused-ring (bicyclic) bond motifs is 1. The molecule has 0 radical (unpaired) electrons. The highest BCUT2D eigenvalue weighted by Gasteiger charge is 2.16. The maximum absolute atomic E-state index is 12.0. The summed E-state index contributed by atoms with van der Waals surface area (Å²) in [7, 11) is 0. The zero-order valence-corrected chi connectivity index (χ0v) is 11.4. The SMILES string of the molecule is Cc1ccc2c(ccn2C(C)C(=O)NC(C)C)c1. The number of aromatic nitrogens is 1. The molecule has 0 bridgehead atoms. The van der Waals surface area contributed by atoms with Crippen molar-refractivity contribution in [2.75, 3.05) is 0 Å². The highest BCUT2D eigenvalue weighted by molar-refractivity contribution is 5.86. The van der Waals surface area contributed by atoms with Gasteiger partial charge in [0.25, 0.3) is 0 Å².